The number of nitrogens with one attached hydrogen (secondary N) is 1. The summed E-state index contributed by atoms with van der Waals surface area (Å²) in [7, 11) is 2.75. The number of benzene rings is 1. The second kappa shape index (κ2) is 7.46. The van der Waals surface area contributed by atoms with Crippen molar-refractivity contribution < 1.29 is 29.4 Å². The number of nitrogens with zero attached hydrogens (tertiary/aromatic N) is 1. The Morgan fingerprint density at radius 3 is 2.36 bits per heavy atom. The minimum Gasteiger partial charge on any atom is -0.493 e. The predicted molar refractivity (Wildman–Crippen MR) is 76.6 cm³/mol. The van der Waals surface area contributed by atoms with Gasteiger partial charge in [0.2, 0.25) is 0 Å². The van der Waals surface area contributed by atoms with Gasteiger partial charge in [0.15, 0.2) is 11.5 Å². The molecule has 0 aromatic heterocycles. The molecule has 1 amide bonds. The highest BCUT2D eigenvalue weighted by Gasteiger charge is 2.27. The number of carboxylic acid groups (broad SMARTS) is 1. The molecular weight excluding hydrogens is 296 g/mol. The first kappa shape index (κ1) is 17.5. The van der Waals surface area contributed by atoms with E-state index in [2.05, 4.69) is 0 Å². The lowest BCUT2D eigenvalue weighted by Crippen LogP contribution is -2.34. The summed E-state index contributed by atoms with van der Waals surface area (Å²) in [4.78, 5) is 21.1. The molecule has 0 aliphatic heterocycles. The minimum atomic E-state index is -1.28. The lowest BCUT2D eigenvalue weighted by molar-refractivity contribution is -0.385. The Bertz CT molecular complexity index is 562. The molecule has 9 nitrogen and oxygen atoms in total. The van der Waals surface area contributed by atoms with E-state index < -0.39 is 23.0 Å². The molecule has 0 aliphatic rings. The van der Waals surface area contributed by atoms with Gasteiger partial charge < -0.3 is 25.0 Å². The average Bonchev–Trinajstić information content (AvgIpc) is 2.50. The first-order valence-electron chi connectivity index (χ1n) is 6.37. The van der Waals surface area contributed by atoms with Crippen LogP contribution in [0.2, 0.25) is 0 Å². The van der Waals surface area contributed by atoms with E-state index in [4.69, 9.17) is 14.6 Å². The van der Waals surface area contributed by atoms with E-state index >= 15 is 0 Å². The first-order valence-corrected chi connectivity index (χ1v) is 6.37. The van der Waals surface area contributed by atoms with Gasteiger partial charge in [-0.15, -0.1) is 0 Å². The molecule has 0 bridgehead atoms. The molecule has 1 rings (SSSR count). The molecule has 2 atom stereocenters. The van der Waals surface area contributed by atoms with E-state index in [0.29, 0.717) is 0 Å². The van der Waals surface area contributed by atoms with Crippen LogP contribution in [0.3, 0.4) is 0 Å². The molecule has 0 heterocycles. The summed E-state index contributed by atoms with van der Waals surface area (Å²) in [5, 5.41) is 31.8. The minimum absolute atomic E-state index is 0.198. The summed E-state index contributed by atoms with van der Waals surface area (Å²) in [6.07, 6.45) is -2.42. The monoisotopic (exact) mass is 314 g/mol. The van der Waals surface area contributed by atoms with Crippen LogP contribution >= 0.6 is 0 Å². The lowest BCUT2D eigenvalue weighted by atomic mass is 9.93. The first-order chi connectivity index (χ1) is 10.3. The number of carbonyl (C=O) groups is 1. The number of rotatable bonds is 7. The Kier molecular flexibility index (Phi) is 5.93. The lowest BCUT2D eigenvalue weighted by Gasteiger charge is -2.20. The van der Waals surface area contributed by atoms with E-state index in [9.17, 15) is 20.0 Å². The van der Waals surface area contributed by atoms with Crippen LogP contribution in [-0.4, -0.2) is 48.1 Å². The number of hydrogen-bond donors (Lipinski definition) is 3. The number of aliphatic hydroxyl groups is 1. The Hall–Kier alpha value is -2.55. The summed E-state index contributed by atoms with van der Waals surface area (Å²) in [5.41, 5.74) is -0.0122. The number of aliphatic hydroxyl groups excluding tert-OH is 1. The zero-order chi connectivity index (χ0) is 16.9. The Morgan fingerprint density at radius 2 is 1.91 bits per heavy atom. The molecule has 0 saturated carbocycles. The van der Waals surface area contributed by atoms with Crippen LogP contribution in [0, 0.1) is 10.1 Å². The van der Waals surface area contributed by atoms with Crippen LogP contribution in [0.25, 0.3) is 0 Å². The van der Waals surface area contributed by atoms with Crippen molar-refractivity contribution in [1.82, 2.24) is 5.32 Å². The second-order valence-electron chi connectivity index (χ2n) is 4.57. The summed E-state index contributed by atoms with van der Waals surface area (Å²) in [6.45, 7) is 1.31. The molecule has 0 fully saturated rings. The summed E-state index contributed by atoms with van der Waals surface area (Å²) < 4.78 is 10.1. The second-order valence-corrected chi connectivity index (χ2v) is 4.57. The third-order valence-corrected chi connectivity index (χ3v) is 3.26. The fourth-order valence-corrected chi connectivity index (χ4v) is 1.98. The number of amides is 1. The Morgan fingerprint density at radius 1 is 1.36 bits per heavy atom. The summed E-state index contributed by atoms with van der Waals surface area (Å²) >= 11 is 0. The van der Waals surface area contributed by atoms with Gasteiger partial charge >= 0.3 is 6.09 Å². The van der Waals surface area contributed by atoms with Crippen LogP contribution in [-0.2, 0) is 0 Å². The molecule has 0 spiro atoms. The molecule has 0 radical (unpaired) electrons. The number of ether oxygens (including phenoxy) is 2. The van der Waals surface area contributed by atoms with Crippen LogP contribution in [0.5, 0.6) is 11.5 Å². The standard InChI is InChI=1S/C13H18N2O7/c1-7(10(16)6-14-13(17)18)8-4-11(21-2)12(22-3)5-9(8)15(19)20/h4-5,7,10,14,16H,6H2,1-3H3,(H,17,18). The average molecular weight is 314 g/mol. The van der Waals surface area contributed by atoms with E-state index in [1.54, 1.807) is 6.92 Å². The fraction of sp³-hybridized carbons (Fsp3) is 0.462. The van der Waals surface area contributed by atoms with Crippen molar-refractivity contribution in [3.8, 4) is 11.5 Å². The van der Waals surface area contributed by atoms with Gasteiger partial charge in [-0.05, 0) is 6.07 Å². The maximum atomic E-state index is 11.2. The molecule has 122 valence electrons. The van der Waals surface area contributed by atoms with Gasteiger partial charge in [0.05, 0.1) is 31.3 Å². The van der Waals surface area contributed by atoms with Crippen molar-refractivity contribution in [3.05, 3.63) is 27.8 Å². The van der Waals surface area contributed by atoms with Gasteiger partial charge in [0.1, 0.15) is 0 Å². The zero-order valence-electron chi connectivity index (χ0n) is 12.4. The number of hydrogen-bond acceptors (Lipinski definition) is 6. The van der Waals surface area contributed by atoms with Crippen molar-refractivity contribution in [3.63, 3.8) is 0 Å². The number of nitro benzene ring substituents is 1. The maximum Gasteiger partial charge on any atom is 0.404 e. The van der Waals surface area contributed by atoms with Gasteiger partial charge in [0.25, 0.3) is 5.69 Å². The van der Waals surface area contributed by atoms with E-state index in [-0.39, 0.29) is 29.3 Å². The Labute approximate surface area is 126 Å². The zero-order valence-corrected chi connectivity index (χ0v) is 12.4. The van der Waals surface area contributed by atoms with Gasteiger partial charge in [-0.2, -0.15) is 0 Å². The van der Waals surface area contributed by atoms with Crippen molar-refractivity contribution in [2.24, 2.45) is 0 Å². The molecule has 1 aromatic rings. The van der Waals surface area contributed by atoms with Crippen molar-refractivity contribution in [2.75, 3.05) is 20.8 Å². The van der Waals surface area contributed by atoms with Gasteiger partial charge in [-0.3, -0.25) is 10.1 Å². The highest BCUT2D eigenvalue weighted by molar-refractivity contribution is 5.64. The van der Waals surface area contributed by atoms with E-state index in [1.165, 1.54) is 26.4 Å². The SMILES string of the molecule is COc1cc(C(C)C(O)CNC(=O)O)c([N+](=O)[O-])cc1OC. The number of methoxy groups -OCH3 is 2. The van der Waals surface area contributed by atoms with Crippen LogP contribution in [0.1, 0.15) is 18.4 Å². The number of nitro groups is 1. The quantitative estimate of drug-likeness (QED) is 0.511. The smallest absolute Gasteiger partial charge is 0.404 e. The van der Waals surface area contributed by atoms with Crippen LogP contribution < -0.4 is 14.8 Å². The molecule has 3 N–H and O–H groups in total. The molecule has 9 heteroatoms. The van der Waals surface area contributed by atoms with Gasteiger partial charge in [-0.1, -0.05) is 6.92 Å². The molecule has 1 aromatic carbocycles. The molecule has 0 aliphatic carbocycles. The van der Waals surface area contributed by atoms with E-state index in [0.717, 1.165) is 0 Å². The summed E-state index contributed by atoms with van der Waals surface area (Å²) in [6, 6.07) is 2.62. The molecular formula is C13H18N2O7. The largest absolute Gasteiger partial charge is 0.493 e. The van der Waals surface area contributed by atoms with Crippen molar-refractivity contribution >= 4 is 11.8 Å². The molecule has 2 unspecified atom stereocenters. The van der Waals surface area contributed by atoms with Crippen LogP contribution in [0.15, 0.2) is 12.1 Å². The Balaban J connectivity index is 3.19. The van der Waals surface area contributed by atoms with Crippen molar-refractivity contribution in [1.29, 1.82) is 0 Å². The predicted octanol–water partition coefficient (Wildman–Crippen LogP) is 1.34. The van der Waals surface area contributed by atoms with Gasteiger partial charge in [-0.25, -0.2) is 4.79 Å². The normalized spacial score (nSPS) is 13.1. The highest BCUT2D eigenvalue weighted by atomic mass is 16.6. The highest BCUT2D eigenvalue weighted by Crippen LogP contribution is 2.38. The third-order valence-electron chi connectivity index (χ3n) is 3.26. The van der Waals surface area contributed by atoms with Crippen molar-refractivity contribution in [2.45, 2.75) is 18.9 Å². The molecule has 0 saturated heterocycles. The third kappa shape index (κ3) is 3.98. The fourth-order valence-electron chi connectivity index (χ4n) is 1.98. The maximum absolute atomic E-state index is 11.2. The summed E-state index contributed by atoms with van der Waals surface area (Å²) in [5.74, 6) is -0.205. The topological polar surface area (TPSA) is 131 Å². The van der Waals surface area contributed by atoms with E-state index in [1.807, 2.05) is 5.32 Å². The van der Waals surface area contributed by atoms with Gasteiger partial charge in [0, 0.05) is 18.0 Å². The molecule has 22 heavy (non-hydrogen) atoms. The van der Waals surface area contributed by atoms with Crippen LogP contribution in [0.4, 0.5) is 10.5 Å².